The average Bonchev–Trinajstić information content (AvgIpc) is 2.63. The second-order valence-corrected chi connectivity index (χ2v) is 4.51. The van der Waals surface area contributed by atoms with Crippen LogP contribution in [-0.2, 0) is 16.0 Å². The van der Waals surface area contributed by atoms with Gasteiger partial charge in [0.2, 0.25) is 0 Å². The molecule has 0 saturated carbocycles. The second-order valence-electron chi connectivity index (χ2n) is 3.73. The first-order valence-electron chi connectivity index (χ1n) is 5.10. The second kappa shape index (κ2) is 4.94. The molecule has 0 spiro atoms. The molecule has 0 radical (unpaired) electrons. The quantitative estimate of drug-likeness (QED) is 0.849. The van der Waals surface area contributed by atoms with Crippen molar-refractivity contribution in [3.05, 3.63) is 22.6 Å². The van der Waals surface area contributed by atoms with E-state index >= 15 is 0 Å². The van der Waals surface area contributed by atoms with Gasteiger partial charge in [-0.05, 0) is 34.5 Å². The zero-order valence-corrected chi connectivity index (χ0v) is 9.96. The number of furan rings is 1. The number of ketones is 1. The number of halogens is 1. The summed E-state index contributed by atoms with van der Waals surface area (Å²) < 4.78 is 11.4. The Balaban J connectivity index is 1.84. The fraction of sp³-hybridized carbons (Fsp3) is 0.545. The third-order valence-corrected chi connectivity index (χ3v) is 3.06. The molecule has 2 rings (SSSR count). The van der Waals surface area contributed by atoms with E-state index in [9.17, 15) is 4.79 Å². The zero-order chi connectivity index (χ0) is 10.7. The van der Waals surface area contributed by atoms with Crippen molar-refractivity contribution in [1.29, 1.82) is 0 Å². The Kier molecular flexibility index (Phi) is 3.59. The van der Waals surface area contributed by atoms with E-state index in [0.29, 0.717) is 25.4 Å². The van der Waals surface area contributed by atoms with Crippen LogP contribution in [0.5, 0.6) is 0 Å². The topological polar surface area (TPSA) is 39.4 Å². The van der Waals surface area contributed by atoms with Crippen molar-refractivity contribution in [2.24, 2.45) is 5.92 Å². The van der Waals surface area contributed by atoms with Crippen LogP contribution in [0, 0.1) is 5.92 Å². The van der Waals surface area contributed by atoms with Crippen LogP contribution in [0.4, 0.5) is 0 Å². The van der Waals surface area contributed by atoms with Gasteiger partial charge in [-0.2, -0.15) is 0 Å². The molecule has 1 aliphatic heterocycles. The summed E-state index contributed by atoms with van der Waals surface area (Å²) in [4.78, 5) is 11.5. The van der Waals surface area contributed by atoms with Crippen LogP contribution in [0.2, 0.25) is 0 Å². The maximum absolute atomic E-state index is 11.5. The van der Waals surface area contributed by atoms with Gasteiger partial charge in [-0.25, -0.2) is 0 Å². The van der Waals surface area contributed by atoms with E-state index in [4.69, 9.17) is 9.15 Å². The first-order chi connectivity index (χ1) is 7.25. The Bertz CT molecular complexity index is 345. The molecule has 1 saturated heterocycles. The van der Waals surface area contributed by atoms with Crippen LogP contribution in [0.25, 0.3) is 0 Å². The molecule has 0 aliphatic carbocycles. The number of Topliss-reactive ketones (excluding diaryl/α,β-unsaturated/α-hetero) is 1. The van der Waals surface area contributed by atoms with Crippen molar-refractivity contribution in [3.63, 3.8) is 0 Å². The summed E-state index contributed by atoms with van der Waals surface area (Å²) in [5.74, 6) is 1.30. The van der Waals surface area contributed by atoms with Gasteiger partial charge in [-0.1, -0.05) is 0 Å². The highest BCUT2D eigenvalue weighted by molar-refractivity contribution is 9.10. The molecule has 1 aromatic heterocycles. The minimum atomic E-state index is 0.0580. The Hall–Kier alpha value is -0.610. The lowest BCUT2D eigenvalue weighted by Gasteiger charge is -2.20. The number of aryl methyl sites for hydroxylation is 1. The predicted octanol–water partition coefficient (Wildman–Crippen LogP) is 2.58. The highest BCUT2D eigenvalue weighted by Crippen LogP contribution is 2.20. The molecule has 1 aromatic rings. The molecule has 82 valence electrons. The summed E-state index contributed by atoms with van der Waals surface area (Å²) in [6.07, 6.45) is 2.18. The minimum Gasteiger partial charge on any atom is -0.454 e. The lowest BCUT2D eigenvalue weighted by Crippen LogP contribution is -2.27. The maximum atomic E-state index is 11.5. The molecule has 2 heterocycles. The molecule has 3 nitrogen and oxygen atoms in total. The molecule has 0 aromatic carbocycles. The molecule has 1 aliphatic rings. The lowest BCUT2D eigenvalue weighted by molar-refractivity contribution is -0.130. The molecule has 1 unspecified atom stereocenters. The monoisotopic (exact) mass is 272 g/mol. The molecule has 15 heavy (non-hydrogen) atoms. The van der Waals surface area contributed by atoms with Crippen LogP contribution in [0.15, 0.2) is 21.2 Å². The van der Waals surface area contributed by atoms with Gasteiger partial charge in [0.15, 0.2) is 4.67 Å². The maximum Gasteiger partial charge on any atom is 0.169 e. The van der Waals surface area contributed by atoms with E-state index in [-0.39, 0.29) is 5.92 Å². The van der Waals surface area contributed by atoms with Gasteiger partial charge < -0.3 is 9.15 Å². The molecule has 1 fully saturated rings. The van der Waals surface area contributed by atoms with Gasteiger partial charge in [0.25, 0.3) is 0 Å². The SMILES string of the molecule is O=C1CCOCC1CCc1ccc(Br)o1. The van der Waals surface area contributed by atoms with Crippen molar-refractivity contribution in [2.45, 2.75) is 19.3 Å². The van der Waals surface area contributed by atoms with Crippen molar-refractivity contribution in [1.82, 2.24) is 0 Å². The van der Waals surface area contributed by atoms with Gasteiger partial charge in [-0.3, -0.25) is 4.79 Å². The first-order valence-corrected chi connectivity index (χ1v) is 5.89. The van der Waals surface area contributed by atoms with E-state index in [1.165, 1.54) is 0 Å². The Morgan fingerprint density at radius 3 is 3.00 bits per heavy atom. The molecule has 1 atom stereocenters. The summed E-state index contributed by atoms with van der Waals surface area (Å²) in [5.41, 5.74) is 0. The van der Waals surface area contributed by atoms with Crippen LogP contribution >= 0.6 is 15.9 Å². The predicted molar refractivity (Wildman–Crippen MR) is 58.7 cm³/mol. The lowest BCUT2D eigenvalue weighted by atomic mass is 9.95. The molecular formula is C11H13BrO3. The number of hydrogen-bond donors (Lipinski definition) is 0. The Labute approximate surface area is 96.9 Å². The molecule has 0 bridgehead atoms. The van der Waals surface area contributed by atoms with Crippen LogP contribution in [-0.4, -0.2) is 19.0 Å². The number of carbonyl (C=O) groups is 1. The van der Waals surface area contributed by atoms with Crippen LogP contribution in [0.3, 0.4) is 0 Å². The van der Waals surface area contributed by atoms with Crippen LogP contribution < -0.4 is 0 Å². The van der Waals surface area contributed by atoms with E-state index in [1.807, 2.05) is 12.1 Å². The Morgan fingerprint density at radius 1 is 1.47 bits per heavy atom. The van der Waals surface area contributed by atoms with E-state index < -0.39 is 0 Å². The first kappa shape index (κ1) is 10.9. The number of rotatable bonds is 3. The number of carbonyl (C=O) groups excluding carboxylic acids is 1. The third kappa shape index (κ3) is 2.92. The highest BCUT2D eigenvalue weighted by atomic mass is 79.9. The molecular weight excluding hydrogens is 260 g/mol. The summed E-state index contributed by atoms with van der Waals surface area (Å²) >= 11 is 3.25. The third-order valence-electron chi connectivity index (χ3n) is 2.64. The average molecular weight is 273 g/mol. The van der Waals surface area contributed by atoms with Crippen molar-refractivity contribution >= 4 is 21.7 Å². The minimum absolute atomic E-state index is 0.0580. The van der Waals surface area contributed by atoms with E-state index in [0.717, 1.165) is 23.3 Å². The highest BCUT2D eigenvalue weighted by Gasteiger charge is 2.22. The van der Waals surface area contributed by atoms with Gasteiger partial charge in [0.05, 0.1) is 13.2 Å². The zero-order valence-electron chi connectivity index (χ0n) is 8.37. The number of ether oxygens (including phenoxy) is 1. The van der Waals surface area contributed by atoms with Crippen molar-refractivity contribution < 1.29 is 13.9 Å². The summed E-state index contributed by atoms with van der Waals surface area (Å²) in [7, 11) is 0. The number of hydrogen-bond acceptors (Lipinski definition) is 3. The fourth-order valence-corrected chi connectivity index (χ4v) is 2.08. The smallest absolute Gasteiger partial charge is 0.169 e. The largest absolute Gasteiger partial charge is 0.454 e. The molecule has 0 amide bonds. The van der Waals surface area contributed by atoms with Crippen molar-refractivity contribution in [2.75, 3.05) is 13.2 Å². The Morgan fingerprint density at radius 2 is 2.33 bits per heavy atom. The van der Waals surface area contributed by atoms with Gasteiger partial charge >= 0.3 is 0 Å². The van der Waals surface area contributed by atoms with Crippen LogP contribution in [0.1, 0.15) is 18.6 Å². The van der Waals surface area contributed by atoms with Gasteiger partial charge in [0, 0.05) is 18.8 Å². The van der Waals surface area contributed by atoms with Crippen molar-refractivity contribution in [3.8, 4) is 0 Å². The van der Waals surface area contributed by atoms with Gasteiger partial charge in [-0.15, -0.1) is 0 Å². The standard InChI is InChI=1S/C11H13BrO3/c12-11-4-3-9(15-11)2-1-8-7-14-6-5-10(8)13/h3-4,8H,1-2,5-7H2. The summed E-state index contributed by atoms with van der Waals surface area (Å²) in [5, 5.41) is 0. The normalized spacial score (nSPS) is 21.9. The summed E-state index contributed by atoms with van der Waals surface area (Å²) in [6, 6.07) is 3.80. The van der Waals surface area contributed by atoms with Gasteiger partial charge in [0.1, 0.15) is 11.5 Å². The fourth-order valence-electron chi connectivity index (χ4n) is 1.74. The molecule has 4 heteroatoms. The van der Waals surface area contributed by atoms with E-state index in [2.05, 4.69) is 15.9 Å². The molecule has 0 N–H and O–H groups in total. The summed E-state index contributed by atoms with van der Waals surface area (Å²) in [6.45, 7) is 1.16. The van der Waals surface area contributed by atoms with E-state index in [1.54, 1.807) is 0 Å².